The molecule has 0 amide bonds. The summed E-state index contributed by atoms with van der Waals surface area (Å²) in [6, 6.07) is 6.21. The zero-order valence-electron chi connectivity index (χ0n) is 26.9. The molecule has 1 aromatic carbocycles. The third-order valence-corrected chi connectivity index (χ3v) is 9.46. The first-order valence-corrected chi connectivity index (χ1v) is 16.7. The van der Waals surface area contributed by atoms with Gasteiger partial charge in [-0.25, -0.2) is 4.57 Å². The summed E-state index contributed by atoms with van der Waals surface area (Å²) < 4.78 is 61.0. The van der Waals surface area contributed by atoms with Crippen LogP contribution in [0.5, 0.6) is 5.75 Å². The van der Waals surface area contributed by atoms with Gasteiger partial charge in [-0.1, -0.05) is 44.9 Å². The summed E-state index contributed by atoms with van der Waals surface area (Å²) in [6.07, 6.45) is 0.0314. The second kappa shape index (κ2) is 14.5. The molecule has 3 fully saturated rings. The molecule has 3 heterocycles. The molecule has 3 aliphatic rings. The van der Waals surface area contributed by atoms with Gasteiger partial charge in [0.25, 0.3) is 0 Å². The Labute approximate surface area is 264 Å². The summed E-state index contributed by atoms with van der Waals surface area (Å²) in [5.41, 5.74) is -1.36. The van der Waals surface area contributed by atoms with Crippen LogP contribution in [-0.4, -0.2) is 98.9 Å². The van der Waals surface area contributed by atoms with Crippen LogP contribution < -0.4 is 9.61 Å². The van der Waals surface area contributed by atoms with Crippen LogP contribution in [0.2, 0.25) is 0 Å². The summed E-state index contributed by atoms with van der Waals surface area (Å²) >= 11 is 0. The van der Waals surface area contributed by atoms with E-state index >= 15 is 0 Å². The normalized spacial score (nSPS) is 28.8. The van der Waals surface area contributed by atoms with Crippen LogP contribution in [0.3, 0.4) is 0 Å². The average molecular weight is 654 g/mol. The lowest BCUT2D eigenvalue weighted by Gasteiger charge is -2.33. The minimum atomic E-state index is -4.27. The van der Waals surface area contributed by atoms with Crippen LogP contribution in [0.15, 0.2) is 30.3 Å². The fourth-order valence-electron chi connectivity index (χ4n) is 5.32. The average Bonchev–Trinajstić information content (AvgIpc) is 3.42. The van der Waals surface area contributed by atoms with Gasteiger partial charge in [0.05, 0.1) is 26.3 Å². The lowest BCUT2D eigenvalue weighted by atomic mass is 9.76. The second-order valence-electron chi connectivity index (χ2n) is 12.3. The molecule has 0 saturated carbocycles. The Morgan fingerprint density at radius 2 is 1.69 bits per heavy atom. The van der Waals surface area contributed by atoms with Gasteiger partial charge in [-0.05, 0) is 52.8 Å². The highest BCUT2D eigenvalue weighted by molar-refractivity contribution is 7.52. The Morgan fingerprint density at radius 3 is 2.29 bits per heavy atom. The summed E-state index contributed by atoms with van der Waals surface area (Å²) in [7, 11) is -4.11. The van der Waals surface area contributed by atoms with E-state index in [9.17, 15) is 18.9 Å². The van der Waals surface area contributed by atoms with Gasteiger partial charge in [0.1, 0.15) is 29.6 Å². The van der Waals surface area contributed by atoms with E-state index < -0.39 is 68.4 Å². The first kappa shape index (κ1) is 35.3. The van der Waals surface area contributed by atoms with Crippen LogP contribution >= 0.6 is 7.75 Å². The molecule has 3 aliphatic heterocycles. The Hall–Kier alpha value is -2.52. The van der Waals surface area contributed by atoms with Gasteiger partial charge in [0.15, 0.2) is 11.8 Å². The molecule has 16 heteroatoms. The number of hydrogen-bond donors (Lipinski definition) is 1. The van der Waals surface area contributed by atoms with Crippen LogP contribution in [0.1, 0.15) is 54.4 Å². The fourth-order valence-corrected chi connectivity index (χ4v) is 6.91. The summed E-state index contributed by atoms with van der Waals surface area (Å²) in [6.45, 7) is 10.2. The van der Waals surface area contributed by atoms with Crippen molar-refractivity contribution in [2.75, 3.05) is 33.4 Å². The van der Waals surface area contributed by atoms with Gasteiger partial charge in [-0.15, -0.1) is 0 Å². The number of nitrogens with zero attached hydrogens (tertiary/aromatic N) is 1. The molecule has 6 atom stereocenters. The van der Waals surface area contributed by atoms with Gasteiger partial charge >= 0.3 is 32.8 Å². The van der Waals surface area contributed by atoms with E-state index in [1.807, 2.05) is 13.8 Å². The highest BCUT2D eigenvalue weighted by Crippen LogP contribution is 2.50. The second-order valence-corrected chi connectivity index (χ2v) is 14.0. The van der Waals surface area contributed by atoms with E-state index in [1.54, 1.807) is 58.2 Å². The third-order valence-electron chi connectivity index (χ3n) is 7.83. The van der Waals surface area contributed by atoms with Crippen molar-refractivity contribution in [2.24, 2.45) is 5.92 Å². The maximum Gasteiger partial charge on any atom is 0.632 e. The standard InChI is InChI=1S/C29H44BN2O12P/c1-8-20(9-2)17-37-27(35)19(3)31-45(36,44-21-13-11-10-12-14-21)38-18-29(6)25-24(39-28(4,5)40-25)26(41-29)30-42-22(33)15-32(7)16-23(34)43-30/h10-14,19-20,24-26H,8-9,15-18H2,1-7H3,(H,31,36)/t19-,24+,25-,26+,29+,45-/m0/s1. The zero-order valence-corrected chi connectivity index (χ0v) is 27.8. The lowest BCUT2D eigenvalue weighted by Crippen LogP contribution is -2.52. The molecule has 0 aromatic heterocycles. The van der Waals surface area contributed by atoms with E-state index in [-0.39, 0.29) is 38.0 Å². The maximum atomic E-state index is 14.2. The smallest absolute Gasteiger partial charge is 0.496 e. The number of carbonyl (C=O) groups excluding carboxylic acids is 3. The van der Waals surface area contributed by atoms with Crippen molar-refractivity contribution < 1.29 is 56.3 Å². The Bertz CT molecular complexity index is 1230. The van der Waals surface area contributed by atoms with Gasteiger partial charge in [0, 0.05) is 0 Å². The maximum absolute atomic E-state index is 14.2. The molecule has 1 N–H and O–H groups in total. The van der Waals surface area contributed by atoms with E-state index in [0.717, 1.165) is 12.8 Å². The van der Waals surface area contributed by atoms with Crippen LogP contribution in [0, 0.1) is 5.92 Å². The van der Waals surface area contributed by atoms with Crippen molar-refractivity contribution in [1.82, 2.24) is 9.99 Å². The van der Waals surface area contributed by atoms with E-state index in [4.69, 9.17) is 37.3 Å². The molecule has 3 saturated heterocycles. The van der Waals surface area contributed by atoms with E-state index in [0.29, 0.717) is 0 Å². The predicted molar refractivity (Wildman–Crippen MR) is 161 cm³/mol. The summed E-state index contributed by atoms with van der Waals surface area (Å²) in [5.74, 6) is -2.48. The number of carbonyl (C=O) groups is 3. The van der Waals surface area contributed by atoms with E-state index in [1.165, 1.54) is 11.8 Å². The largest absolute Gasteiger partial charge is 0.632 e. The van der Waals surface area contributed by atoms with Gasteiger partial charge < -0.3 is 32.8 Å². The number of esters is 1. The number of fused-ring (bicyclic) bond motifs is 1. The molecule has 45 heavy (non-hydrogen) atoms. The van der Waals surface area contributed by atoms with Crippen molar-refractivity contribution in [3.05, 3.63) is 30.3 Å². The number of ether oxygens (including phenoxy) is 4. The molecule has 0 radical (unpaired) electrons. The quantitative estimate of drug-likeness (QED) is 0.188. The first-order valence-electron chi connectivity index (χ1n) is 15.2. The number of para-hydroxylation sites is 1. The number of likely N-dealkylation sites (N-methyl/N-ethyl adjacent to an activating group) is 1. The molecule has 1 aromatic rings. The number of benzene rings is 1. The summed E-state index contributed by atoms with van der Waals surface area (Å²) in [4.78, 5) is 39.3. The molecular weight excluding hydrogens is 610 g/mol. The predicted octanol–water partition coefficient (Wildman–Crippen LogP) is 2.88. The van der Waals surface area contributed by atoms with Crippen molar-refractivity contribution in [1.29, 1.82) is 0 Å². The molecule has 14 nitrogen and oxygen atoms in total. The Kier molecular flexibility index (Phi) is 11.4. The monoisotopic (exact) mass is 654 g/mol. The summed E-state index contributed by atoms with van der Waals surface area (Å²) in [5, 5.41) is 2.69. The molecule has 0 unspecified atom stereocenters. The van der Waals surface area contributed by atoms with E-state index in [2.05, 4.69) is 5.09 Å². The highest BCUT2D eigenvalue weighted by Gasteiger charge is 2.66. The molecular formula is C29H44BN2O12P. The van der Waals surface area contributed by atoms with Crippen LogP contribution in [0.4, 0.5) is 0 Å². The van der Waals surface area contributed by atoms with Crippen LogP contribution in [-0.2, 0) is 51.7 Å². The number of hydrogen-bond acceptors (Lipinski definition) is 13. The topological polar surface area (TPSA) is 157 Å². The van der Waals surface area contributed by atoms with Gasteiger partial charge in [0.2, 0.25) is 0 Å². The zero-order chi connectivity index (χ0) is 33.0. The van der Waals surface area contributed by atoms with Crippen molar-refractivity contribution in [2.45, 2.75) is 90.0 Å². The van der Waals surface area contributed by atoms with Crippen LogP contribution in [0.25, 0.3) is 0 Å². The molecule has 0 bridgehead atoms. The number of rotatable bonds is 13. The third kappa shape index (κ3) is 9.06. The highest BCUT2D eigenvalue weighted by atomic mass is 31.2. The van der Waals surface area contributed by atoms with Gasteiger partial charge in [-0.3, -0.25) is 23.8 Å². The molecule has 4 rings (SSSR count). The molecule has 250 valence electrons. The van der Waals surface area contributed by atoms with Crippen molar-refractivity contribution >= 4 is 32.8 Å². The minimum absolute atomic E-state index is 0.126. The van der Waals surface area contributed by atoms with Crippen molar-refractivity contribution in [3.8, 4) is 5.75 Å². The minimum Gasteiger partial charge on any atom is -0.496 e. The Morgan fingerprint density at radius 1 is 1.07 bits per heavy atom. The molecule has 0 spiro atoms. The Balaban J connectivity index is 1.54. The van der Waals surface area contributed by atoms with Crippen molar-refractivity contribution in [3.63, 3.8) is 0 Å². The number of nitrogens with one attached hydrogen (secondary N) is 1. The fraction of sp³-hybridized carbons (Fsp3) is 0.690. The lowest BCUT2D eigenvalue weighted by molar-refractivity contribution is -0.204. The first-order chi connectivity index (χ1) is 21.2. The molecule has 0 aliphatic carbocycles. The van der Waals surface area contributed by atoms with Gasteiger partial charge in [-0.2, -0.15) is 5.09 Å². The SMILES string of the molecule is CCC(CC)COC(=O)[C@H](C)N[P@](=O)(OC[C@@]1(C)O[C@@H](B2OC(=O)CN(C)CC(=O)O2)[C@@H]2OC(C)(C)O[C@@H]21)Oc1ccccc1.